The third kappa shape index (κ3) is 1.40. The Bertz CT molecular complexity index is 1070. The van der Waals surface area contributed by atoms with Gasteiger partial charge in [0.25, 0.3) is 0 Å². The average molecular weight is 312 g/mol. The molecule has 1 heterocycles. The summed E-state index contributed by atoms with van der Waals surface area (Å²) in [6, 6.07) is 18.5. The lowest BCUT2D eigenvalue weighted by Crippen LogP contribution is -2.34. The smallest absolute Gasteiger partial charge is 0.330 e. The minimum Gasteiger partial charge on any atom is -0.425 e. The number of ether oxygens (including phenoxy) is 1. The molecule has 3 aromatic rings. The van der Waals surface area contributed by atoms with E-state index in [0.29, 0.717) is 0 Å². The minimum atomic E-state index is -0.808. The van der Waals surface area contributed by atoms with Gasteiger partial charge in [0.2, 0.25) is 0 Å². The quantitative estimate of drug-likeness (QED) is 0.441. The Labute approximate surface area is 140 Å². The molecule has 0 saturated heterocycles. The fourth-order valence-electron chi connectivity index (χ4n) is 4.37. The third-order valence-corrected chi connectivity index (χ3v) is 5.39. The summed E-state index contributed by atoms with van der Waals surface area (Å²) in [5.41, 5.74) is 4.36. The van der Waals surface area contributed by atoms with Gasteiger partial charge in [-0.2, -0.15) is 0 Å². The number of hydrogen-bond acceptors (Lipinski definition) is 2. The fourth-order valence-corrected chi connectivity index (χ4v) is 4.37. The monoisotopic (exact) mass is 312 g/mol. The Balaban J connectivity index is 2.00. The number of rotatable bonds is 0. The predicted molar refractivity (Wildman–Crippen MR) is 95.2 cm³/mol. The first-order chi connectivity index (χ1) is 11.6. The highest BCUT2D eigenvalue weighted by atomic mass is 16.5. The Morgan fingerprint density at radius 1 is 0.958 bits per heavy atom. The van der Waals surface area contributed by atoms with E-state index in [-0.39, 0.29) is 5.97 Å². The van der Waals surface area contributed by atoms with Gasteiger partial charge < -0.3 is 4.74 Å². The largest absolute Gasteiger partial charge is 0.425 e. The van der Waals surface area contributed by atoms with Crippen molar-refractivity contribution in [3.05, 3.63) is 82.4 Å². The molecule has 0 amide bonds. The van der Waals surface area contributed by atoms with Crippen molar-refractivity contribution in [2.45, 2.75) is 19.3 Å². The van der Waals surface area contributed by atoms with Gasteiger partial charge in [-0.15, -0.1) is 0 Å². The van der Waals surface area contributed by atoms with Crippen LogP contribution in [0.3, 0.4) is 0 Å². The second kappa shape index (κ2) is 4.35. The van der Waals surface area contributed by atoms with Gasteiger partial charge in [-0.3, -0.25) is 0 Å². The van der Waals surface area contributed by atoms with Crippen LogP contribution in [0.2, 0.25) is 0 Å². The van der Waals surface area contributed by atoms with Crippen LogP contribution in [0.4, 0.5) is 0 Å². The standard InChI is InChI=1S/C22H16O2/c1-13-11-15-7-3-5-9-17(15)19-20(13)24-21(23)22(19)14(2)12-16-8-4-6-10-18(16)22/h3-12H,1-2H3. The lowest BCUT2D eigenvalue weighted by atomic mass is 9.71. The molecule has 1 spiro atoms. The summed E-state index contributed by atoms with van der Waals surface area (Å²) in [4.78, 5) is 13.2. The molecule has 3 aromatic carbocycles. The van der Waals surface area contributed by atoms with Crippen LogP contribution in [0.15, 0.2) is 60.2 Å². The molecule has 1 aliphatic carbocycles. The van der Waals surface area contributed by atoms with Crippen LogP contribution in [0.25, 0.3) is 16.8 Å². The zero-order chi connectivity index (χ0) is 16.5. The first kappa shape index (κ1) is 13.6. The summed E-state index contributed by atoms with van der Waals surface area (Å²) >= 11 is 0. The van der Waals surface area contributed by atoms with Crippen molar-refractivity contribution in [3.63, 3.8) is 0 Å². The molecule has 2 nitrogen and oxygen atoms in total. The van der Waals surface area contributed by atoms with E-state index in [1.54, 1.807) is 0 Å². The summed E-state index contributed by atoms with van der Waals surface area (Å²) in [7, 11) is 0. The topological polar surface area (TPSA) is 26.3 Å². The molecule has 1 unspecified atom stereocenters. The second-order valence-corrected chi connectivity index (χ2v) is 6.67. The summed E-state index contributed by atoms with van der Waals surface area (Å²) in [6.07, 6.45) is 2.11. The molecule has 0 aromatic heterocycles. The molecule has 0 N–H and O–H groups in total. The summed E-state index contributed by atoms with van der Waals surface area (Å²) in [5.74, 6) is 0.541. The zero-order valence-corrected chi connectivity index (χ0v) is 13.6. The minimum absolute atomic E-state index is 0.185. The lowest BCUT2D eigenvalue weighted by molar-refractivity contribution is -0.135. The van der Waals surface area contributed by atoms with E-state index < -0.39 is 5.41 Å². The molecule has 0 radical (unpaired) electrons. The van der Waals surface area contributed by atoms with Gasteiger partial charge in [0.05, 0.1) is 0 Å². The first-order valence-electron chi connectivity index (χ1n) is 8.17. The molecule has 116 valence electrons. The lowest BCUT2D eigenvalue weighted by Gasteiger charge is -2.25. The molecule has 24 heavy (non-hydrogen) atoms. The van der Waals surface area contributed by atoms with Crippen molar-refractivity contribution >= 4 is 22.8 Å². The molecule has 0 fully saturated rings. The van der Waals surface area contributed by atoms with Crippen molar-refractivity contribution in [3.8, 4) is 5.75 Å². The molecular weight excluding hydrogens is 296 g/mol. The van der Waals surface area contributed by atoms with Crippen LogP contribution in [0.5, 0.6) is 5.75 Å². The SMILES string of the molecule is CC1=Cc2ccccc2C12C(=O)Oc1c(C)cc3ccccc3c12. The summed E-state index contributed by atoms with van der Waals surface area (Å²) in [6.45, 7) is 4.05. The van der Waals surface area contributed by atoms with Crippen molar-refractivity contribution in [2.75, 3.05) is 0 Å². The van der Waals surface area contributed by atoms with Gasteiger partial charge in [-0.05, 0) is 52.9 Å². The number of hydrogen-bond donors (Lipinski definition) is 0. The maximum Gasteiger partial charge on any atom is 0.330 e. The van der Waals surface area contributed by atoms with Gasteiger partial charge in [0.1, 0.15) is 11.2 Å². The van der Waals surface area contributed by atoms with E-state index in [1.807, 2.05) is 38.1 Å². The van der Waals surface area contributed by atoms with Gasteiger partial charge in [-0.25, -0.2) is 4.79 Å². The molecule has 1 atom stereocenters. The maximum atomic E-state index is 13.2. The number of carbonyl (C=O) groups excluding carboxylic acids is 1. The van der Waals surface area contributed by atoms with Gasteiger partial charge in [0.15, 0.2) is 0 Å². The molecule has 0 saturated carbocycles. The molecule has 0 bridgehead atoms. The highest BCUT2D eigenvalue weighted by Gasteiger charge is 2.56. The van der Waals surface area contributed by atoms with E-state index in [0.717, 1.165) is 44.3 Å². The summed E-state index contributed by atoms with van der Waals surface area (Å²) in [5, 5.41) is 2.23. The Morgan fingerprint density at radius 3 is 2.58 bits per heavy atom. The summed E-state index contributed by atoms with van der Waals surface area (Å²) < 4.78 is 5.83. The van der Waals surface area contributed by atoms with E-state index in [4.69, 9.17) is 4.74 Å². The molecule has 1 aliphatic heterocycles. The van der Waals surface area contributed by atoms with E-state index in [1.165, 1.54) is 0 Å². The number of carbonyl (C=O) groups is 1. The third-order valence-electron chi connectivity index (χ3n) is 5.39. The van der Waals surface area contributed by atoms with Crippen molar-refractivity contribution in [1.29, 1.82) is 0 Å². The van der Waals surface area contributed by atoms with E-state index >= 15 is 0 Å². The number of fused-ring (bicyclic) bond motifs is 6. The molecule has 5 rings (SSSR count). The van der Waals surface area contributed by atoms with Crippen LogP contribution in [0, 0.1) is 6.92 Å². The highest BCUT2D eigenvalue weighted by molar-refractivity contribution is 6.08. The fraction of sp³-hybridized carbons (Fsp3) is 0.136. The van der Waals surface area contributed by atoms with Gasteiger partial charge in [0, 0.05) is 5.56 Å². The van der Waals surface area contributed by atoms with Crippen molar-refractivity contribution in [1.82, 2.24) is 0 Å². The Kier molecular flexibility index (Phi) is 2.46. The van der Waals surface area contributed by atoms with Crippen LogP contribution >= 0.6 is 0 Å². The van der Waals surface area contributed by atoms with Crippen LogP contribution in [-0.4, -0.2) is 5.97 Å². The Morgan fingerprint density at radius 2 is 1.71 bits per heavy atom. The highest BCUT2D eigenvalue weighted by Crippen LogP contribution is 2.56. The van der Waals surface area contributed by atoms with E-state index in [9.17, 15) is 4.79 Å². The maximum absolute atomic E-state index is 13.2. The van der Waals surface area contributed by atoms with Gasteiger partial charge >= 0.3 is 5.97 Å². The van der Waals surface area contributed by atoms with Gasteiger partial charge in [-0.1, -0.05) is 54.6 Å². The molecular formula is C22H16O2. The Hall–Kier alpha value is -2.87. The van der Waals surface area contributed by atoms with Crippen LogP contribution in [-0.2, 0) is 10.2 Å². The van der Waals surface area contributed by atoms with Crippen molar-refractivity contribution < 1.29 is 9.53 Å². The molecule has 2 heteroatoms. The van der Waals surface area contributed by atoms with Crippen LogP contribution < -0.4 is 4.74 Å². The van der Waals surface area contributed by atoms with Crippen molar-refractivity contribution in [2.24, 2.45) is 0 Å². The van der Waals surface area contributed by atoms with E-state index in [2.05, 4.69) is 36.4 Å². The second-order valence-electron chi connectivity index (χ2n) is 6.67. The first-order valence-corrected chi connectivity index (χ1v) is 8.17. The number of aryl methyl sites for hydroxylation is 1. The normalized spacial score (nSPS) is 20.9. The van der Waals surface area contributed by atoms with Crippen LogP contribution in [0.1, 0.15) is 29.2 Å². The number of esters is 1. The number of benzene rings is 3. The predicted octanol–water partition coefficient (Wildman–Crippen LogP) is 4.77. The average Bonchev–Trinajstić information content (AvgIpc) is 3.06. The molecule has 2 aliphatic rings. The zero-order valence-electron chi connectivity index (χ0n) is 13.6.